The van der Waals surface area contributed by atoms with Gasteiger partial charge in [-0.1, -0.05) is 20.8 Å². The van der Waals surface area contributed by atoms with Gasteiger partial charge in [-0.25, -0.2) is 4.57 Å². The van der Waals surface area contributed by atoms with E-state index in [0.717, 1.165) is 0 Å². The summed E-state index contributed by atoms with van der Waals surface area (Å²) in [6, 6.07) is 11.1. The first-order valence-electron chi connectivity index (χ1n) is 4.35. The van der Waals surface area contributed by atoms with Crippen molar-refractivity contribution in [2.75, 3.05) is 0 Å². The molecular formula is C10H16NaO4P. The molecule has 0 bridgehead atoms. The molecule has 0 aliphatic carbocycles. The summed E-state index contributed by atoms with van der Waals surface area (Å²) < 4.78 is 8.88. The van der Waals surface area contributed by atoms with E-state index in [2.05, 4.69) is 39.0 Å². The van der Waals surface area contributed by atoms with E-state index in [1.807, 2.05) is 12.1 Å². The van der Waals surface area contributed by atoms with E-state index in [9.17, 15) is 0 Å². The van der Waals surface area contributed by atoms with Gasteiger partial charge in [0.15, 0.2) is 0 Å². The van der Waals surface area contributed by atoms with Crippen LogP contribution in [0.2, 0.25) is 0 Å². The summed E-state index contributed by atoms with van der Waals surface area (Å²) in [5.74, 6) is 0. The van der Waals surface area contributed by atoms with Crippen LogP contribution in [0.4, 0.5) is 0 Å². The maximum atomic E-state index is 8.88. The average molecular weight is 254 g/mol. The second kappa shape index (κ2) is 7.62. The summed E-state index contributed by atoms with van der Waals surface area (Å²) in [6.45, 7) is 6.63. The summed E-state index contributed by atoms with van der Waals surface area (Å²) in [5.41, 5.74) is 1.64. The third-order valence-corrected chi connectivity index (χ3v) is 1.58. The Balaban J connectivity index is 0. The van der Waals surface area contributed by atoms with Gasteiger partial charge < -0.3 is 14.7 Å². The molecule has 0 aromatic heterocycles. The molecule has 0 unspecified atom stereocenters. The van der Waals surface area contributed by atoms with Crippen molar-refractivity contribution in [1.29, 1.82) is 0 Å². The van der Waals surface area contributed by atoms with Gasteiger partial charge in [0.05, 0.1) is 0 Å². The predicted molar refractivity (Wildman–Crippen MR) is 58.2 cm³/mol. The van der Waals surface area contributed by atoms with Crippen LogP contribution in [0.3, 0.4) is 0 Å². The van der Waals surface area contributed by atoms with Crippen molar-refractivity contribution in [3.63, 3.8) is 0 Å². The van der Waals surface area contributed by atoms with Crippen LogP contribution in [0.25, 0.3) is 0 Å². The van der Waals surface area contributed by atoms with Gasteiger partial charge in [0.1, 0.15) is 0 Å². The summed E-state index contributed by atoms with van der Waals surface area (Å²) >= 11 is 0. The largest absolute Gasteiger partial charge is 1.00 e. The molecule has 0 aliphatic heterocycles. The molecule has 3 N–H and O–H groups in total. The molecule has 0 aliphatic rings. The molecule has 1 aromatic carbocycles. The monoisotopic (exact) mass is 254 g/mol. The minimum Gasteiger partial charge on any atom is -0.303 e. The molecule has 4 nitrogen and oxygen atoms in total. The van der Waals surface area contributed by atoms with Crippen LogP contribution >= 0.6 is 7.82 Å². The average Bonchev–Trinajstić information content (AvgIpc) is 2.01. The van der Waals surface area contributed by atoms with Crippen LogP contribution in [0.15, 0.2) is 24.3 Å². The minimum atomic E-state index is -4.64. The van der Waals surface area contributed by atoms with Crippen molar-refractivity contribution < 1.29 is 48.8 Å². The number of benzene rings is 1. The van der Waals surface area contributed by atoms with Gasteiger partial charge in [-0.15, -0.1) is 0 Å². The van der Waals surface area contributed by atoms with Gasteiger partial charge in [0, 0.05) is 0 Å². The fourth-order valence-electron chi connectivity index (χ4n) is 0.887. The molecule has 0 atom stereocenters. The first-order valence-corrected chi connectivity index (χ1v) is 5.92. The molecule has 0 radical (unpaired) electrons. The Labute approximate surface area is 118 Å². The molecule has 1 rings (SSSR count). The Morgan fingerprint density at radius 1 is 1.12 bits per heavy atom. The van der Waals surface area contributed by atoms with Crippen LogP contribution in [0, 0.1) is 6.07 Å². The zero-order valence-electron chi connectivity index (χ0n) is 10.0. The quantitative estimate of drug-likeness (QED) is 0.311. The zero-order valence-corrected chi connectivity index (χ0v) is 12.9. The molecule has 1 aromatic rings. The summed E-state index contributed by atoms with van der Waals surface area (Å²) in [6.07, 6.45) is 0. The minimum absolute atomic E-state index is 0. The van der Waals surface area contributed by atoms with Gasteiger partial charge in [-0.05, 0) is 5.41 Å². The second-order valence-corrected chi connectivity index (χ2v) is 5.08. The maximum Gasteiger partial charge on any atom is 1.00 e. The van der Waals surface area contributed by atoms with Crippen molar-refractivity contribution in [1.82, 2.24) is 0 Å². The van der Waals surface area contributed by atoms with E-state index >= 15 is 0 Å². The van der Waals surface area contributed by atoms with Gasteiger partial charge in [-0.2, -0.15) is 35.9 Å². The Morgan fingerprint density at radius 2 is 1.44 bits per heavy atom. The van der Waals surface area contributed by atoms with E-state index < -0.39 is 7.82 Å². The van der Waals surface area contributed by atoms with E-state index in [1.165, 1.54) is 5.56 Å². The fourth-order valence-corrected chi connectivity index (χ4v) is 0.887. The Morgan fingerprint density at radius 3 is 1.62 bits per heavy atom. The van der Waals surface area contributed by atoms with Gasteiger partial charge >= 0.3 is 37.4 Å². The van der Waals surface area contributed by atoms with Crippen LogP contribution < -0.4 is 29.6 Å². The molecule has 0 saturated carbocycles. The van der Waals surface area contributed by atoms with E-state index in [1.54, 1.807) is 0 Å². The van der Waals surface area contributed by atoms with Crippen LogP contribution in [-0.4, -0.2) is 14.7 Å². The zero-order chi connectivity index (χ0) is 12.1. The molecule has 0 fully saturated rings. The van der Waals surface area contributed by atoms with Crippen molar-refractivity contribution in [2.24, 2.45) is 0 Å². The maximum absolute atomic E-state index is 8.88. The summed E-state index contributed by atoms with van der Waals surface area (Å²) in [7, 11) is -4.64. The molecule has 6 heteroatoms. The second-order valence-electron chi connectivity index (χ2n) is 4.05. The van der Waals surface area contributed by atoms with Crippen molar-refractivity contribution in [3.05, 3.63) is 35.9 Å². The number of phosphoric acid groups is 1. The van der Waals surface area contributed by atoms with Crippen LogP contribution in [-0.2, 0) is 9.98 Å². The van der Waals surface area contributed by atoms with E-state index in [0.29, 0.717) is 0 Å². The fraction of sp³-hybridized carbons (Fsp3) is 0.400. The van der Waals surface area contributed by atoms with E-state index in [4.69, 9.17) is 19.2 Å². The molecule has 0 saturated heterocycles. The third kappa shape index (κ3) is 12.4. The van der Waals surface area contributed by atoms with Crippen molar-refractivity contribution >= 4 is 7.82 Å². The van der Waals surface area contributed by atoms with Gasteiger partial charge in [0.2, 0.25) is 0 Å². The topological polar surface area (TPSA) is 77.8 Å². The first-order chi connectivity index (χ1) is 6.61. The first kappa shape index (κ1) is 18.7. The molecule has 16 heavy (non-hydrogen) atoms. The van der Waals surface area contributed by atoms with Crippen molar-refractivity contribution in [2.45, 2.75) is 26.2 Å². The number of rotatable bonds is 0. The van der Waals surface area contributed by atoms with Crippen LogP contribution in [0.5, 0.6) is 0 Å². The van der Waals surface area contributed by atoms with Crippen LogP contribution in [0.1, 0.15) is 26.3 Å². The summed E-state index contributed by atoms with van der Waals surface area (Å²) in [4.78, 5) is 21.6. The molecular weight excluding hydrogens is 238 g/mol. The Bertz CT molecular complexity index is 320. The smallest absolute Gasteiger partial charge is 0.303 e. The standard InChI is InChI=1S/C10H13.Na.H3O4P/c1-10(2,3)9-7-5-4-6-8-9;;1-5(2,3)4/h5-8H,1-3H3;;(H3,1,2,3,4)/q-1;+1;. The third-order valence-electron chi connectivity index (χ3n) is 1.58. The van der Waals surface area contributed by atoms with Crippen molar-refractivity contribution in [3.8, 4) is 0 Å². The molecule has 86 valence electrons. The number of hydrogen-bond donors (Lipinski definition) is 3. The molecule has 0 heterocycles. The predicted octanol–water partition coefficient (Wildman–Crippen LogP) is -1.14. The SMILES string of the molecule is CC(C)(C)c1cc[c-]cc1.O=P(O)(O)O.[Na+]. The van der Waals surface area contributed by atoms with Gasteiger partial charge in [0.25, 0.3) is 0 Å². The molecule has 0 spiro atoms. The van der Waals surface area contributed by atoms with E-state index in [-0.39, 0.29) is 35.0 Å². The Kier molecular flexibility index (Phi) is 8.90. The van der Waals surface area contributed by atoms with Gasteiger partial charge in [-0.3, -0.25) is 0 Å². The summed E-state index contributed by atoms with van der Waals surface area (Å²) in [5, 5.41) is 0. The molecule has 0 amide bonds. The number of hydrogen-bond acceptors (Lipinski definition) is 1. The Hall–Kier alpha value is 0.330. The normalized spacial score (nSPS) is 10.9.